The van der Waals surface area contributed by atoms with Gasteiger partial charge in [-0.05, 0) is 41.8 Å². The number of hydrogen-bond donors (Lipinski definition) is 4. The molecule has 0 radical (unpaired) electrons. The molecule has 14 nitrogen and oxygen atoms in total. The zero-order chi connectivity index (χ0) is 41.2. The maximum atomic E-state index is 14.2. The molecule has 2 saturated heterocycles. The molecule has 2 aliphatic heterocycles. The highest BCUT2D eigenvalue weighted by atomic mass is 16.7. The van der Waals surface area contributed by atoms with E-state index in [1.807, 2.05) is 0 Å². The number of fused-ring (bicyclic) bond motifs is 4. The van der Waals surface area contributed by atoms with Gasteiger partial charge in [0, 0.05) is 49.0 Å². The molecule has 0 aromatic heterocycles. The molecule has 13 atom stereocenters. The van der Waals surface area contributed by atoms with Crippen molar-refractivity contribution in [1.29, 1.82) is 0 Å². The summed E-state index contributed by atoms with van der Waals surface area (Å²) in [6.45, 7) is 13.1. The maximum Gasteiger partial charge on any atom is 0.338 e. The van der Waals surface area contributed by atoms with Crippen LogP contribution in [0.15, 0.2) is 84.5 Å². The van der Waals surface area contributed by atoms with Gasteiger partial charge in [-0.1, -0.05) is 75.9 Å². The van der Waals surface area contributed by atoms with Gasteiger partial charge in [-0.2, -0.15) is 0 Å². The van der Waals surface area contributed by atoms with Crippen molar-refractivity contribution in [2.45, 2.75) is 121 Å². The number of amides is 1. The van der Waals surface area contributed by atoms with Crippen LogP contribution >= 0.6 is 0 Å². The van der Waals surface area contributed by atoms with Gasteiger partial charge in [-0.15, -0.1) is 0 Å². The molecule has 7 rings (SSSR count). The van der Waals surface area contributed by atoms with E-state index in [2.05, 4.69) is 11.9 Å². The lowest BCUT2D eigenvalue weighted by Crippen LogP contribution is -2.83. The first-order chi connectivity index (χ1) is 26.9. The minimum absolute atomic E-state index is 0.102. The highest BCUT2D eigenvalue weighted by Crippen LogP contribution is 2.66. The first-order valence-corrected chi connectivity index (χ1v) is 19.2. The normalized spacial score (nSPS) is 37.3. The number of carbonyl (C=O) groups is 4. The van der Waals surface area contributed by atoms with Gasteiger partial charge in [0.2, 0.25) is 0 Å². The second-order valence-electron chi connectivity index (χ2n) is 16.6. The summed E-state index contributed by atoms with van der Waals surface area (Å²) in [7, 11) is 0. The second kappa shape index (κ2) is 14.7. The van der Waals surface area contributed by atoms with Crippen molar-refractivity contribution in [3.63, 3.8) is 0 Å². The van der Waals surface area contributed by atoms with E-state index < -0.39 is 107 Å². The molecule has 1 amide bonds. The van der Waals surface area contributed by atoms with Crippen molar-refractivity contribution in [1.82, 2.24) is 5.32 Å². The molecule has 2 aromatic rings. The fourth-order valence-corrected chi connectivity index (χ4v) is 10.4. The van der Waals surface area contributed by atoms with Gasteiger partial charge in [-0.3, -0.25) is 14.4 Å². The number of hydrogen-bond acceptors (Lipinski definition) is 13. The van der Waals surface area contributed by atoms with Gasteiger partial charge < -0.3 is 49.1 Å². The first kappa shape index (κ1) is 40.7. The van der Waals surface area contributed by atoms with E-state index in [-0.39, 0.29) is 19.4 Å². The molecule has 306 valence electrons. The van der Waals surface area contributed by atoms with E-state index >= 15 is 0 Å². The highest BCUT2D eigenvalue weighted by molar-refractivity contribution is 5.95. The molecule has 5 aliphatic rings. The van der Waals surface area contributed by atoms with Crippen LogP contribution in [-0.4, -0.2) is 106 Å². The summed E-state index contributed by atoms with van der Waals surface area (Å²) in [5, 5.41) is 40.6. The number of nitrogens with one attached hydrogen (secondary N) is 1. The van der Waals surface area contributed by atoms with Crippen LogP contribution in [0.5, 0.6) is 0 Å². The Kier molecular flexibility index (Phi) is 10.5. The Hall–Kier alpha value is -4.44. The summed E-state index contributed by atoms with van der Waals surface area (Å²) < 4.78 is 37.4. The van der Waals surface area contributed by atoms with E-state index in [4.69, 9.17) is 28.4 Å². The summed E-state index contributed by atoms with van der Waals surface area (Å²) in [4.78, 5) is 53.4. The van der Waals surface area contributed by atoms with Gasteiger partial charge in [-0.25, -0.2) is 4.79 Å². The minimum atomic E-state index is -2.17. The molecule has 57 heavy (non-hydrogen) atoms. The van der Waals surface area contributed by atoms with E-state index in [9.17, 15) is 34.5 Å². The highest BCUT2D eigenvalue weighted by Gasteiger charge is 2.78. The van der Waals surface area contributed by atoms with Crippen molar-refractivity contribution in [3.8, 4) is 0 Å². The molecule has 2 bridgehead atoms. The van der Waals surface area contributed by atoms with E-state index in [0.29, 0.717) is 22.3 Å². The lowest BCUT2D eigenvalue weighted by molar-refractivity contribution is -0.406. The lowest BCUT2D eigenvalue weighted by atomic mass is 9.44. The molecule has 6 unspecified atom stereocenters. The Balaban J connectivity index is 1.34. The molecule has 2 saturated carbocycles. The number of ether oxygens (including phenoxy) is 6. The van der Waals surface area contributed by atoms with Crippen LogP contribution in [0.2, 0.25) is 0 Å². The summed E-state index contributed by atoms with van der Waals surface area (Å²) in [6, 6.07) is 15.5. The van der Waals surface area contributed by atoms with Crippen molar-refractivity contribution >= 4 is 23.8 Å². The number of esters is 3. The molecule has 4 N–H and O–H groups in total. The third-order valence-corrected chi connectivity index (χ3v) is 13.2. The van der Waals surface area contributed by atoms with Gasteiger partial charge in [0.15, 0.2) is 24.1 Å². The number of aliphatic hydroxyl groups is 3. The Bertz CT molecular complexity index is 1950. The van der Waals surface area contributed by atoms with Crippen molar-refractivity contribution < 1.29 is 62.9 Å². The summed E-state index contributed by atoms with van der Waals surface area (Å²) in [5.41, 5.74) is -4.87. The van der Waals surface area contributed by atoms with Crippen LogP contribution in [0.3, 0.4) is 0 Å². The van der Waals surface area contributed by atoms with E-state index in [0.717, 1.165) is 0 Å². The fourth-order valence-electron chi connectivity index (χ4n) is 10.4. The van der Waals surface area contributed by atoms with Crippen molar-refractivity contribution in [3.05, 3.63) is 95.6 Å². The van der Waals surface area contributed by atoms with Crippen LogP contribution < -0.4 is 5.32 Å². The molecule has 2 aromatic carbocycles. The largest absolute Gasteiger partial charge is 0.456 e. The van der Waals surface area contributed by atoms with Crippen LogP contribution in [0.4, 0.5) is 0 Å². The summed E-state index contributed by atoms with van der Waals surface area (Å²) in [6.07, 6.45) is -8.41. The van der Waals surface area contributed by atoms with Gasteiger partial charge in [0.25, 0.3) is 5.91 Å². The second-order valence-corrected chi connectivity index (χ2v) is 16.6. The topological polar surface area (TPSA) is 196 Å². The first-order valence-electron chi connectivity index (χ1n) is 19.2. The predicted molar refractivity (Wildman–Crippen MR) is 201 cm³/mol. The monoisotopic (exact) mass is 789 g/mol. The van der Waals surface area contributed by atoms with E-state index in [1.165, 1.54) is 19.9 Å². The van der Waals surface area contributed by atoms with Gasteiger partial charge in [0.1, 0.15) is 23.9 Å². The molecule has 0 spiro atoms. The fraction of sp³-hybridized carbons (Fsp3) is 0.535. The Morgan fingerprint density at radius 1 is 0.947 bits per heavy atom. The standard InChI is InChI=1S/C43H51NO13/c1-8-30-55-28-19-29-42(21-52-29,57-24(4)46)35-36(48)43(51)20-27(22(2)31(40(43,5)6)34(53-23(3)45)37(56-30)41(28,35)7)54-39(50)33(47)32(25-15-11-9-12-16-25)44-38(49)26-17-13-10-14-18-26/h8-18,27-30,32-37,47-48,51H,1,19-21H2,2-7H3,(H,44,49)/t27-,28?,29?,30?,32?,33+,34-,35-,36-,37-,41?,42-,43?/m0/s1. The Labute approximate surface area is 331 Å². The minimum Gasteiger partial charge on any atom is -0.456 e. The average Bonchev–Trinajstić information content (AvgIpc) is 3.16. The number of rotatable bonds is 9. The Morgan fingerprint density at radius 2 is 1.60 bits per heavy atom. The van der Waals surface area contributed by atoms with Crippen molar-refractivity contribution in [2.75, 3.05) is 6.61 Å². The molecule has 3 aliphatic carbocycles. The van der Waals surface area contributed by atoms with Crippen LogP contribution in [0.1, 0.15) is 76.3 Å². The molecule has 4 fully saturated rings. The zero-order valence-corrected chi connectivity index (χ0v) is 32.9. The third kappa shape index (κ3) is 6.41. The van der Waals surface area contributed by atoms with Gasteiger partial charge >= 0.3 is 17.9 Å². The van der Waals surface area contributed by atoms with E-state index in [1.54, 1.807) is 88.4 Å². The third-order valence-electron chi connectivity index (χ3n) is 13.2. The quantitative estimate of drug-likeness (QED) is 0.164. The molecule has 2 heterocycles. The average molecular weight is 790 g/mol. The lowest BCUT2D eigenvalue weighted by Gasteiger charge is -2.71. The summed E-state index contributed by atoms with van der Waals surface area (Å²) >= 11 is 0. The van der Waals surface area contributed by atoms with Gasteiger partial charge in [0.05, 0.1) is 24.9 Å². The predicted octanol–water partition coefficient (Wildman–Crippen LogP) is 3.24. The smallest absolute Gasteiger partial charge is 0.338 e. The Morgan fingerprint density at radius 3 is 2.18 bits per heavy atom. The number of carbonyl (C=O) groups excluding carboxylic acids is 4. The van der Waals surface area contributed by atoms with Crippen LogP contribution in [0.25, 0.3) is 0 Å². The van der Waals surface area contributed by atoms with Crippen LogP contribution in [0, 0.1) is 16.7 Å². The SMILES string of the molecule is C=CC1OC2CC3OC[C@@]3(OC(C)=O)[C@H]3[C@H](O)C4(O)C[C@H](OC(=O)[C@H](O)C(NC(=O)c5ccccc5)c5ccccc5)C(C)=C([C@H](OC(C)=O)[C@H](O1)C23C)C4(C)C. The molecular formula is C43H51NO13. The van der Waals surface area contributed by atoms with Crippen LogP contribution in [-0.2, 0) is 42.8 Å². The zero-order valence-electron chi connectivity index (χ0n) is 32.9. The molecule has 14 heteroatoms. The summed E-state index contributed by atoms with van der Waals surface area (Å²) in [5.74, 6) is -4.11. The number of aliphatic hydroxyl groups excluding tert-OH is 2. The maximum absolute atomic E-state index is 14.2. The number of benzene rings is 2. The molecular weight excluding hydrogens is 738 g/mol. The van der Waals surface area contributed by atoms with Crippen molar-refractivity contribution in [2.24, 2.45) is 16.7 Å².